The first kappa shape index (κ1) is 13.9. The van der Waals surface area contributed by atoms with Gasteiger partial charge in [-0.2, -0.15) is 0 Å². The average Bonchev–Trinajstić information content (AvgIpc) is 3.06. The molecule has 1 aromatic rings. The molecular weight excluding hydrogens is 244 g/mol. The Morgan fingerprint density at radius 2 is 1.95 bits per heavy atom. The SMILES string of the molecule is CCCCCc1ccc(NC2CCN3CCCC23)cc1. The van der Waals surface area contributed by atoms with Gasteiger partial charge in [-0.1, -0.05) is 31.9 Å². The maximum atomic E-state index is 3.77. The average molecular weight is 272 g/mol. The van der Waals surface area contributed by atoms with Gasteiger partial charge in [-0.15, -0.1) is 0 Å². The Labute approximate surface area is 123 Å². The summed E-state index contributed by atoms with van der Waals surface area (Å²) in [7, 11) is 0. The lowest BCUT2D eigenvalue weighted by Crippen LogP contribution is -2.33. The third kappa shape index (κ3) is 3.17. The molecule has 2 fully saturated rings. The fourth-order valence-corrected chi connectivity index (χ4v) is 3.81. The molecular formula is C18H28N2. The molecule has 1 aromatic carbocycles. The number of unbranched alkanes of at least 4 members (excludes halogenated alkanes) is 2. The predicted molar refractivity (Wildman–Crippen MR) is 86.3 cm³/mol. The first-order valence-electron chi connectivity index (χ1n) is 8.46. The third-order valence-electron chi connectivity index (χ3n) is 4.98. The smallest absolute Gasteiger partial charge is 0.0429 e. The molecule has 0 amide bonds. The monoisotopic (exact) mass is 272 g/mol. The number of rotatable bonds is 6. The van der Waals surface area contributed by atoms with Gasteiger partial charge in [-0.25, -0.2) is 0 Å². The highest BCUT2D eigenvalue weighted by Gasteiger charge is 2.36. The van der Waals surface area contributed by atoms with E-state index in [1.807, 2.05) is 0 Å². The van der Waals surface area contributed by atoms with Crippen molar-refractivity contribution >= 4 is 5.69 Å². The molecule has 3 rings (SSSR count). The molecule has 1 N–H and O–H groups in total. The number of aryl methyl sites for hydroxylation is 1. The van der Waals surface area contributed by atoms with Crippen molar-refractivity contribution in [3.63, 3.8) is 0 Å². The molecule has 110 valence electrons. The van der Waals surface area contributed by atoms with E-state index in [-0.39, 0.29) is 0 Å². The Bertz CT molecular complexity index is 412. The van der Waals surface area contributed by atoms with Crippen LogP contribution in [0.4, 0.5) is 5.69 Å². The minimum absolute atomic E-state index is 0.670. The van der Waals surface area contributed by atoms with Crippen molar-refractivity contribution in [3.8, 4) is 0 Å². The van der Waals surface area contributed by atoms with E-state index in [1.54, 1.807) is 0 Å². The second-order valence-corrected chi connectivity index (χ2v) is 6.44. The molecule has 2 unspecified atom stereocenters. The zero-order valence-electron chi connectivity index (χ0n) is 12.8. The summed E-state index contributed by atoms with van der Waals surface area (Å²) in [6, 6.07) is 10.6. The van der Waals surface area contributed by atoms with E-state index in [9.17, 15) is 0 Å². The standard InChI is InChI=1S/C18H28N2/c1-2-3-4-6-15-8-10-16(11-9-15)19-17-12-14-20-13-5-7-18(17)20/h8-11,17-19H,2-7,12-14H2,1H3. The van der Waals surface area contributed by atoms with Crippen molar-refractivity contribution in [2.24, 2.45) is 0 Å². The van der Waals surface area contributed by atoms with Gasteiger partial charge < -0.3 is 5.32 Å². The Balaban J connectivity index is 1.53. The molecule has 2 heteroatoms. The minimum Gasteiger partial charge on any atom is -0.381 e. The van der Waals surface area contributed by atoms with Crippen LogP contribution in [0.15, 0.2) is 24.3 Å². The Morgan fingerprint density at radius 3 is 2.75 bits per heavy atom. The van der Waals surface area contributed by atoms with Gasteiger partial charge in [0.1, 0.15) is 0 Å². The van der Waals surface area contributed by atoms with Crippen LogP contribution < -0.4 is 5.32 Å². The molecule has 0 aromatic heterocycles. The van der Waals surface area contributed by atoms with Gasteiger partial charge in [0, 0.05) is 24.3 Å². The number of anilines is 1. The normalized spacial score (nSPS) is 25.9. The molecule has 2 heterocycles. The zero-order valence-corrected chi connectivity index (χ0v) is 12.8. The van der Waals surface area contributed by atoms with Gasteiger partial charge in [0.2, 0.25) is 0 Å². The van der Waals surface area contributed by atoms with Crippen LogP contribution in [-0.4, -0.2) is 30.1 Å². The summed E-state index contributed by atoms with van der Waals surface area (Å²) in [6.07, 6.45) is 9.28. The van der Waals surface area contributed by atoms with E-state index in [0.717, 1.165) is 6.04 Å². The molecule has 2 atom stereocenters. The lowest BCUT2D eigenvalue weighted by atomic mass is 10.0. The van der Waals surface area contributed by atoms with E-state index in [2.05, 4.69) is 41.4 Å². The van der Waals surface area contributed by atoms with Crippen LogP contribution in [0.2, 0.25) is 0 Å². The molecule has 2 aliphatic heterocycles. The highest BCUT2D eigenvalue weighted by Crippen LogP contribution is 2.30. The minimum atomic E-state index is 0.670. The predicted octanol–water partition coefficient (Wildman–Crippen LogP) is 4.07. The summed E-state index contributed by atoms with van der Waals surface area (Å²) < 4.78 is 0. The summed E-state index contributed by atoms with van der Waals surface area (Å²) in [4.78, 5) is 2.66. The van der Waals surface area contributed by atoms with Crippen LogP contribution in [0.25, 0.3) is 0 Å². The Hall–Kier alpha value is -1.02. The number of hydrogen-bond acceptors (Lipinski definition) is 2. The maximum absolute atomic E-state index is 3.77. The molecule has 0 radical (unpaired) electrons. The quantitative estimate of drug-likeness (QED) is 0.785. The summed E-state index contributed by atoms with van der Waals surface area (Å²) >= 11 is 0. The number of nitrogens with zero attached hydrogens (tertiary/aromatic N) is 1. The van der Waals surface area contributed by atoms with E-state index >= 15 is 0 Å². The molecule has 20 heavy (non-hydrogen) atoms. The van der Waals surface area contributed by atoms with Crippen LogP contribution in [-0.2, 0) is 6.42 Å². The van der Waals surface area contributed by atoms with E-state index in [4.69, 9.17) is 0 Å². The summed E-state index contributed by atoms with van der Waals surface area (Å²) in [5.74, 6) is 0. The van der Waals surface area contributed by atoms with Gasteiger partial charge in [-0.3, -0.25) is 4.90 Å². The highest BCUT2D eigenvalue weighted by atomic mass is 15.2. The number of hydrogen-bond donors (Lipinski definition) is 1. The molecule has 0 spiro atoms. The number of benzene rings is 1. The highest BCUT2D eigenvalue weighted by molar-refractivity contribution is 5.46. The number of nitrogens with one attached hydrogen (secondary N) is 1. The first-order valence-corrected chi connectivity index (χ1v) is 8.46. The van der Waals surface area contributed by atoms with Crippen LogP contribution in [0.3, 0.4) is 0 Å². The Morgan fingerprint density at radius 1 is 1.10 bits per heavy atom. The van der Waals surface area contributed by atoms with Gasteiger partial charge >= 0.3 is 0 Å². The molecule has 2 aliphatic rings. The summed E-state index contributed by atoms with van der Waals surface area (Å²) in [5.41, 5.74) is 2.79. The van der Waals surface area contributed by atoms with Gasteiger partial charge in [-0.05, 0) is 56.3 Å². The van der Waals surface area contributed by atoms with Gasteiger partial charge in [0.15, 0.2) is 0 Å². The molecule has 0 saturated carbocycles. The zero-order chi connectivity index (χ0) is 13.8. The van der Waals surface area contributed by atoms with Crippen molar-refractivity contribution in [1.82, 2.24) is 4.90 Å². The Kier molecular flexibility index (Phi) is 4.62. The lowest BCUT2D eigenvalue weighted by molar-refractivity contribution is 0.318. The van der Waals surface area contributed by atoms with Crippen molar-refractivity contribution in [3.05, 3.63) is 29.8 Å². The molecule has 2 nitrogen and oxygen atoms in total. The van der Waals surface area contributed by atoms with E-state index in [1.165, 1.54) is 69.3 Å². The van der Waals surface area contributed by atoms with Crippen LogP contribution in [0, 0.1) is 0 Å². The second kappa shape index (κ2) is 6.62. The number of fused-ring (bicyclic) bond motifs is 1. The fraction of sp³-hybridized carbons (Fsp3) is 0.667. The molecule has 2 saturated heterocycles. The summed E-state index contributed by atoms with van der Waals surface area (Å²) in [5, 5.41) is 3.77. The largest absolute Gasteiger partial charge is 0.381 e. The van der Waals surface area contributed by atoms with Crippen molar-refractivity contribution in [2.45, 2.75) is 64.0 Å². The van der Waals surface area contributed by atoms with Crippen molar-refractivity contribution in [2.75, 3.05) is 18.4 Å². The van der Waals surface area contributed by atoms with Crippen LogP contribution >= 0.6 is 0 Å². The molecule has 0 bridgehead atoms. The molecule has 0 aliphatic carbocycles. The first-order chi connectivity index (χ1) is 9.86. The third-order valence-corrected chi connectivity index (χ3v) is 4.98. The van der Waals surface area contributed by atoms with Crippen molar-refractivity contribution < 1.29 is 0 Å². The topological polar surface area (TPSA) is 15.3 Å². The van der Waals surface area contributed by atoms with E-state index < -0.39 is 0 Å². The van der Waals surface area contributed by atoms with Gasteiger partial charge in [0.25, 0.3) is 0 Å². The lowest BCUT2D eigenvalue weighted by Gasteiger charge is -2.22. The fourth-order valence-electron chi connectivity index (χ4n) is 3.81. The second-order valence-electron chi connectivity index (χ2n) is 6.44. The van der Waals surface area contributed by atoms with Gasteiger partial charge in [0.05, 0.1) is 0 Å². The summed E-state index contributed by atoms with van der Waals surface area (Å²) in [6.45, 7) is 4.87. The van der Waals surface area contributed by atoms with Crippen molar-refractivity contribution in [1.29, 1.82) is 0 Å². The maximum Gasteiger partial charge on any atom is 0.0429 e. The van der Waals surface area contributed by atoms with E-state index in [0.29, 0.717) is 6.04 Å². The van der Waals surface area contributed by atoms with Crippen LogP contribution in [0.1, 0.15) is 51.0 Å². The van der Waals surface area contributed by atoms with Crippen LogP contribution in [0.5, 0.6) is 0 Å².